The van der Waals surface area contributed by atoms with Crippen LogP contribution in [0.15, 0.2) is 21.5 Å². The van der Waals surface area contributed by atoms with Crippen LogP contribution in [-0.2, 0) is 9.53 Å². The molecule has 0 aromatic carbocycles. The van der Waals surface area contributed by atoms with Gasteiger partial charge in [0, 0.05) is 4.88 Å². The average molecular weight is 300 g/mol. The molecule has 84 valence electrons. The van der Waals surface area contributed by atoms with Crippen molar-refractivity contribution in [2.45, 2.75) is 20.0 Å². The summed E-state index contributed by atoms with van der Waals surface area (Å²) in [6.45, 7) is 3.49. The van der Waals surface area contributed by atoms with Gasteiger partial charge in [-0.3, -0.25) is 0 Å². The van der Waals surface area contributed by atoms with Gasteiger partial charge in [-0.05, 0) is 48.0 Å². The highest BCUT2D eigenvalue weighted by atomic mass is 79.9. The van der Waals surface area contributed by atoms with Crippen LogP contribution in [0.1, 0.15) is 18.7 Å². The van der Waals surface area contributed by atoms with Crippen molar-refractivity contribution < 1.29 is 9.53 Å². The quantitative estimate of drug-likeness (QED) is 0.488. The van der Waals surface area contributed by atoms with Gasteiger partial charge in [0.1, 0.15) is 11.6 Å². The molecule has 0 aliphatic carbocycles. The van der Waals surface area contributed by atoms with Crippen molar-refractivity contribution in [1.82, 2.24) is 0 Å². The molecule has 0 fully saturated rings. The zero-order valence-corrected chi connectivity index (χ0v) is 11.3. The van der Waals surface area contributed by atoms with Crippen LogP contribution in [0.25, 0.3) is 6.08 Å². The second-order valence-corrected chi connectivity index (χ2v) is 5.76. The van der Waals surface area contributed by atoms with Crippen LogP contribution in [0.3, 0.4) is 0 Å². The number of nitrogens with zero attached hydrogens (tertiary/aromatic N) is 1. The van der Waals surface area contributed by atoms with Crippen LogP contribution in [0.5, 0.6) is 0 Å². The summed E-state index contributed by atoms with van der Waals surface area (Å²) in [6.07, 6.45) is 1.31. The summed E-state index contributed by atoms with van der Waals surface area (Å²) in [5, 5.41) is 8.85. The summed E-state index contributed by atoms with van der Waals surface area (Å²) < 4.78 is 5.90. The van der Waals surface area contributed by atoms with E-state index < -0.39 is 5.97 Å². The molecule has 16 heavy (non-hydrogen) atoms. The first-order valence-corrected chi connectivity index (χ1v) is 6.22. The van der Waals surface area contributed by atoms with Crippen LogP contribution in [-0.4, -0.2) is 12.1 Å². The zero-order valence-electron chi connectivity index (χ0n) is 8.86. The van der Waals surface area contributed by atoms with E-state index in [1.165, 1.54) is 17.4 Å². The molecule has 0 saturated carbocycles. The predicted octanol–water partition coefficient (Wildman–Crippen LogP) is 3.37. The minimum Gasteiger partial charge on any atom is -0.459 e. The van der Waals surface area contributed by atoms with Gasteiger partial charge in [-0.1, -0.05) is 0 Å². The van der Waals surface area contributed by atoms with E-state index in [9.17, 15) is 4.79 Å². The maximum absolute atomic E-state index is 11.5. The lowest BCUT2D eigenvalue weighted by atomic mass is 10.2. The Kier molecular flexibility index (Phi) is 4.71. The Balaban J connectivity index is 2.87. The molecule has 0 N–H and O–H groups in total. The van der Waals surface area contributed by atoms with Gasteiger partial charge in [0.15, 0.2) is 0 Å². The van der Waals surface area contributed by atoms with Crippen LogP contribution >= 0.6 is 27.3 Å². The minimum absolute atomic E-state index is 0.0167. The van der Waals surface area contributed by atoms with Gasteiger partial charge in [-0.25, -0.2) is 4.79 Å². The van der Waals surface area contributed by atoms with Gasteiger partial charge < -0.3 is 4.74 Å². The fourth-order valence-corrected chi connectivity index (χ4v) is 2.33. The summed E-state index contributed by atoms with van der Waals surface area (Å²) >= 11 is 4.76. The molecule has 0 unspecified atom stereocenters. The molecular formula is C11H10BrNO2S. The molecule has 1 aromatic rings. The summed E-state index contributed by atoms with van der Waals surface area (Å²) in [5.74, 6) is -0.581. The van der Waals surface area contributed by atoms with E-state index in [2.05, 4.69) is 15.9 Å². The lowest BCUT2D eigenvalue weighted by Crippen LogP contribution is -2.12. The monoisotopic (exact) mass is 299 g/mol. The molecule has 1 heterocycles. The number of carbonyl (C=O) groups is 1. The number of ether oxygens (including phenoxy) is 1. The van der Waals surface area contributed by atoms with Crippen molar-refractivity contribution in [3.05, 3.63) is 26.4 Å². The summed E-state index contributed by atoms with van der Waals surface area (Å²) in [4.78, 5) is 12.3. The highest BCUT2D eigenvalue weighted by molar-refractivity contribution is 9.11. The van der Waals surface area contributed by atoms with E-state index >= 15 is 0 Å². The van der Waals surface area contributed by atoms with Gasteiger partial charge in [0.2, 0.25) is 0 Å². The first-order chi connectivity index (χ1) is 7.52. The van der Waals surface area contributed by atoms with E-state index in [4.69, 9.17) is 10.00 Å². The standard InChI is InChI=1S/C11H10BrNO2S/c1-7(2)15-11(14)8(6-13)5-9-3-4-10(12)16-9/h3-5,7H,1-2H3. The maximum Gasteiger partial charge on any atom is 0.349 e. The number of hydrogen-bond acceptors (Lipinski definition) is 4. The second-order valence-electron chi connectivity index (χ2n) is 3.27. The Morgan fingerprint density at radius 3 is 2.75 bits per heavy atom. The molecule has 1 aromatic heterocycles. The highest BCUT2D eigenvalue weighted by Crippen LogP contribution is 2.24. The van der Waals surface area contributed by atoms with E-state index in [1.807, 2.05) is 18.2 Å². The van der Waals surface area contributed by atoms with Gasteiger partial charge in [0.25, 0.3) is 0 Å². The van der Waals surface area contributed by atoms with Crippen molar-refractivity contribution in [2.24, 2.45) is 0 Å². The van der Waals surface area contributed by atoms with Crippen LogP contribution in [0.4, 0.5) is 0 Å². The van der Waals surface area contributed by atoms with Crippen molar-refractivity contribution in [1.29, 1.82) is 5.26 Å². The SMILES string of the molecule is CC(C)OC(=O)C(C#N)=Cc1ccc(Br)s1. The number of esters is 1. The van der Waals surface area contributed by atoms with E-state index in [0.29, 0.717) is 0 Å². The molecule has 1 rings (SSSR count). The van der Waals surface area contributed by atoms with E-state index in [0.717, 1.165) is 8.66 Å². The van der Waals surface area contributed by atoms with Crippen molar-refractivity contribution >= 4 is 39.3 Å². The Morgan fingerprint density at radius 2 is 2.31 bits per heavy atom. The lowest BCUT2D eigenvalue weighted by molar-refractivity contribution is -0.142. The molecule has 0 atom stereocenters. The number of rotatable bonds is 3. The number of carbonyl (C=O) groups excluding carboxylic acids is 1. The van der Waals surface area contributed by atoms with Gasteiger partial charge in [-0.15, -0.1) is 11.3 Å². The summed E-state index contributed by atoms with van der Waals surface area (Å²) in [6, 6.07) is 5.53. The first-order valence-electron chi connectivity index (χ1n) is 4.61. The van der Waals surface area contributed by atoms with Gasteiger partial charge >= 0.3 is 5.97 Å². The molecule has 0 aliphatic rings. The largest absolute Gasteiger partial charge is 0.459 e. The molecule has 0 saturated heterocycles. The average Bonchev–Trinajstić information content (AvgIpc) is 2.59. The third-order valence-corrected chi connectivity index (χ3v) is 3.13. The second kappa shape index (κ2) is 5.83. The highest BCUT2D eigenvalue weighted by Gasteiger charge is 2.12. The van der Waals surface area contributed by atoms with Crippen molar-refractivity contribution in [2.75, 3.05) is 0 Å². The fourth-order valence-electron chi connectivity index (χ4n) is 0.963. The molecular weight excluding hydrogens is 290 g/mol. The lowest BCUT2D eigenvalue weighted by Gasteiger charge is -2.05. The Labute approximate surface area is 106 Å². The molecule has 0 aliphatic heterocycles. The summed E-state index contributed by atoms with van der Waals surface area (Å²) in [7, 11) is 0. The number of hydrogen-bond donors (Lipinski definition) is 0. The maximum atomic E-state index is 11.5. The predicted molar refractivity (Wildman–Crippen MR) is 66.8 cm³/mol. The Morgan fingerprint density at radius 1 is 1.62 bits per heavy atom. The summed E-state index contributed by atoms with van der Waals surface area (Å²) in [5.41, 5.74) is 0.0167. The molecule has 0 amide bonds. The van der Waals surface area contributed by atoms with Crippen LogP contribution in [0.2, 0.25) is 0 Å². The van der Waals surface area contributed by atoms with Gasteiger partial charge in [0.05, 0.1) is 9.89 Å². The number of nitriles is 1. The molecule has 0 spiro atoms. The normalized spacial score (nSPS) is 11.3. The topological polar surface area (TPSA) is 50.1 Å². The van der Waals surface area contributed by atoms with E-state index in [-0.39, 0.29) is 11.7 Å². The Hall–Kier alpha value is -1.12. The molecule has 0 radical (unpaired) electrons. The third kappa shape index (κ3) is 3.80. The van der Waals surface area contributed by atoms with Crippen LogP contribution in [0, 0.1) is 11.3 Å². The van der Waals surface area contributed by atoms with Crippen LogP contribution < -0.4 is 0 Å². The van der Waals surface area contributed by atoms with Crippen molar-refractivity contribution in [3.63, 3.8) is 0 Å². The molecule has 0 bridgehead atoms. The number of thiophene rings is 1. The third-order valence-electron chi connectivity index (χ3n) is 1.56. The smallest absolute Gasteiger partial charge is 0.349 e. The van der Waals surface area contributed by atoms with E-state index in [1.54, 1.807) is 13.8 Å². The minimum atomic E-state index is -0.581. The molecule has 3 nitrogen and oxygen atoms in total. The first kappa shape index (κ1) is 12.9. The van der Waals surface area contributed by atoms with Crippen molar-refractivity contribution in [3.8, 4) is 6.07 Å². The number of halogens is 1. The molecule has 5 heteroatoms. The fraction of sp³-hybridized carbons (Fsp3) is 0.273. The van der Waals surface area contributed by atoms with Gasteiger partial charge in [-0.2, -0.15) is 5.26 Å². The Bertz CT molecular complexity index is 457. The zero-order chi connectivity index (χ0) is 12.1.